The van der Waals surface area contributed by atoms with E-state index in [4.69, 9.17) is 0 Å². The molecule has 0 atom stereocenters. The Kier molecular flexibility index (Phi) is 9.73. The highest BCUT2D eigenvalue weighted by Crippen LogP contribution is 2.37. The predicted octanol–water partition coefficient (Wildman–Crippen LogP) is 4.06. The summed E-state index contributed by atoms with van der Waals surface area (Å²) in [4.78, 5) is 44.2. The van der Waals surface area contributed by atoms with Crippen molar-refractivity contribution < 1.29 is 36.6 Å². The molecule has 2 amide bonds. The summed E-state index contributed by atoms with van der Waals surface area (Å²) in [6.07, 6.45) is -2.40. The van der Waals surface area contributed by atoms with Crippen molar-refractivity contribution in [3.63, 3.8) is 0 Å². The lowest BCUT2D eigenvalue weighted by atomic mass is 9.79. The number of rotatable bonds is 9. The molecule has 4 rings (SSSR count). The van der Waals surface area contributed by atoms with E-state index in [1.165, 1.54) is 17.2 Å². The van der Waals surface area contributed by atoms with Crippen LogP contribution in [0, 0.1) is 17.6 Å². The molecule has 16 heteroatoms. The molecule has 3 N–H and O–H groups in total. The highest BCUT2D eigenvalue weighted by atomic mass is 32.1. The molecule has 0 radical (unpaired) electrons. The van der Waals surface area contributed by atoms with Crippen LogP contribution in [0.25, 0.3) is 10.6 Å². The van der Waals surface area contributed by atoms with Gasteiger partial charge in [-0.2, -0.15) is 13.2 Å². The third-order valence-corrected chi connectivity index (χ3v) is 8.78. The first-order chi connectivity index (χ1) is 20.7. The number of nitrogens with one attached hydrogen (secondary N) is 2. The molecule has 238 valence electrons. The fraction of sp³-hybridized carbons (Fsp3) is 0.464. The van der Waals surface area contributed by atoms with Gasteiger partial charge < -0.3 is 19.9 Å². The summed E-state index contributed by atoms with van der Waals surface area (Å²) >= 11 is 0.962. The van der Waals surface area contributed by atoms with Crippen LogP contribution in [0.1, 0.15) is 53.7 Å². The van der Waals surface area contributed by atoms with Crippen molar-refractivity contribution in [1.82, 2.24) is 30.3 Å². The number of aromatic hydroxyl groups is 1. The van der Waals surface area contributed by atoms with Gasteiger partial charge in [-0.05, 0) is 51.3 Å². The number of carbonyl (C=O) groups is 2. The number of aromatic amines is 1. The molecule has 1 fully saturated rings. The van der Waals surface area contributed by atoms with Crippen LogP contribution in [0.2, 0.25) is 0 Å². The summed E-state index contributed by atoms with van der Waals surface area (Å²) in [7, 11) is 2.72. The number of alkyl halides is 3. The summed E-state index contributed by atoms with van der Waals surface area (Å²) < 4.78 is 65.6. The van der Waals surface area contributed by atoms with Crippen molar-refractivity contribution in [1.29, 1.82) is 0 Å². The average molecular weight is 643 g/mol. The minimum absolute atomic E-state index is 0.00708. The quantitative estimate of drug-likeness (QED) is 0.237. The van der Waals surface area contributed by atoms with Crippen molar-refractivity contribution in [3.05, 3.63) is 62.5 Å². The van der Waals surface area contributed by atoms with E-state index in [0.717, 1.165) is 30.5 Å². The van der Waals surface area contributed by atoms with Gasteiger partial charge in [0, 0.05) is 38.2 Å². The van der Waals surface area contributed by atoms with Gasteiger partial charge >= 0.3 is 6.18 Å². The molecule has 0 bridgehead atoms. The number of nitrogens with zero attached hydrogens (tertiary/aromatic N) is 4. The van der Waals surface area contributed by atoms with Crippen LogP contribution in [0.4, 0.5) is 22.0 Å². The van der Waals surface area contributed by atoms with Crippen LogP contribution in [-0.4, -0.2) is 80.9 Å². The summed E-state index contributed by atoms with van der Waals surface area (Å²) in [6.45, 7) is 0.490. The number of hydrogen-bond acceptors (Lipinski definition) is 8. The molecule has 44 heavy (non-hydrogen) atoms. The summed E-state index contributed by atoms with van der Waals surface area (Å²) in [5.41, 5.74) is -2.15. The Morgan fingerprint density at radius 1 is 1.20 bits per heavy atom. The molecular weight excluding hydrogens is 611 g/mol. The number of H-pyrrole nitrogens is 1. The number of carbonyl (C=O) groups excluding carboxylic acids is 2. The lowest BCUT2D eigenvalue weighted by molar-refractivity contribution is -0.162. The van der Waals surface area contributed by atoms with E-state index in [0.29, 0.717) is 9.91 Å². The number of hydrogen-bond donors (Lipinski definition) is 3. The largest absolute Gasteiger partial charge is 0.503 e. The molecule has 1 saturated carbocycles. The second-order valence-corrected chi connectivity index (χ2v) is 11.6. The number of amides is 2. The maximum atomic E-state index is 14.1. The van der Waals surface area contributed by atoms with E-state index in [9.17, 15) is 41.4 Å². The van der Waals surface area contributed by atoms with E-state index in [1.54, 1.807) is 14.0 Å². The Morgan fingerprint density at radius 2 is 1.89 bits per heavy atom. The highest BCUT2D eigenvalue weighted by molar-refractivity contribution is 7.14. The van der Waals surface area contributed by atoms with Crippen molar-refractivity contribution in [2.45, 2.75) is 50.9 Å². The molecule has 0 unspecified atom stereocenters. The molecule has 1 aromatic carbocycles. The lowest BCUT2D eigenvalue weighted by Crippen LogP contribution is -2.62. The first-order valence-corrected chi connectivity index (χ1v) is 14.5. The Balaban J connectivity index is 1.51. The van der Waals surface area contributed by atoms with Crippen molar-refractivity contribution in [3.8, 4) is 16.3 Å². The van der Waals surface area contributed by atoms with Gasteiger partial charge in [0.1, 0.15) is 23.2 Å². The number of benzene rings is 1. The molecule has 10 nitrogen and oxygen atoms in total. The topological polar surface area (TPSA) is 132 Å². The van der Waals surface area contributed by atoms with Gasteiger partial charge in [-0.3, -0.25) is 19.7 Å². The molecule has 0 spiro atoms. The van der Waals surface area contributed by atoms with E-state index in [-0.39, 0.29) is 60.5 Å². The SMILES string of the molecule is CCN(C(=O)c1[nH]cc(-c2nnc(Cc3ccc(F)cc3F)s2)c(=O)c1O)C1(NC)CCC(C(=O)N(C)CC(F)(F)F)CC1. The van der Waals surface area contributed by atoms with Crippen LogP contribution >= 0.6 is 11.3 Å². The van der Waals surface area contributed by atoms with Crippen molar-refractivity contribution in [2.75, 3.05) is 27.2 Å². The maximum absolute atomic E-state index is 14.1. The van der Waals surface area contributed by atoms with E-state index in [1.807, 2.05) is 0 Å². The fourth-order valence-corrected chi connectivity index (χ4v) is 6.41. The first-order valence-electron chi connectivity index (χ1n) is 13.7. The first kappa shape index (κ1) is 33.0. The zero-order chi connectivity index (χ0) is 32.4. The minimum Gasteiger partial charge on any atom is -0.503 e. The normalized spacial score (nSPS) is 18.7. The molecule has 1 aliphatic carbocycles. The Morgan fingerprint density at radius 3 is 2.48 bits per heavy atom. The van der Waals surface area contributed by atoms with E-state index < -0.39 is 58.9 Å². The molecule has 2 heterocycles. The Labute approximate surface area is 252 Å². The molecule has 3 aromatic rings. The Bertz CT molecular complexity index is 1590. The van der Waals surface area contributed by atoms with Gasteiger partial charge in [0.05, 0.1) is 11.2 Å². The minimum atomic E-state index is -4.52. The monoisotopic (exact) mass is 642 g/mol. The van der Waals surface area contributed by atoms with Gasteiger partial charge in [0.2, 0.25) is 11.3 Å². The average Bonchev–Trinajstić information content (AvgIpc) is 3.43. The van der Waals surface area contributed by atoms with Crippen LogP contribution in [0.15, 0.2) is 29.2 Å². The predicted molar refractivity (Wildman–Crippen MR) is 151 cm³/mol. The lowest BCUT2D eigenvalue weighted by Gasteiger charge is -2.47. The van der Waals surface area contributed by atoms with Gasteiger partial charge in [0.15, 0.2) is 16.5 Å². The number of halogens is 5. The fourth-order valence-electron chi connectivity index (χ4n) is 5.53. The van der Waals surface area contributed by atoms with Crippen molar-refractivity contribution in [2.24, 2.45) is 5.92 Å². The van der Waals surface area contributed by atoms with Gasteiger partial charge in [-0.15, -0.1) is 10.2 Å². The second-order valence-electron chi connectivity index (χ2n) is 10.6. The van der Waals surface area contributed by atoms with Crippen LogP contribution < -0.4 is 10.7 Å². The van der Waals surface area contributed by atoms with Crippen LogP contribution in [0.5, 0.6) is 5.75 Å². The van der Waals surface area contributed by atoms with Crippen molar-refractivity contribution >= 4 is 23.2 Å². The van der Waals surface area contributed by atoms with E-state index in [2.05, 4.69) is 20.5 Å². The second kappa shape index (κ2) is 13.0. The highest BCUT2D eigenvalue weighted by Gasteiger charge is 2.44. The maximum Gasteiger partial charge on any atom is 0.406 e. The number of pyridine rings is 1. The number of aromatic nitrogens is 3. The molecule has 0 aliphatic heterocycles. The van der Waals surface area contributed by atoms with Gasteiger partial charge in [-0.25, -0.2) is 8.78 Å². The zero-order valence-electron chi connectivity index (χ0n) is 24.1. The molecule has 1 aliphatic rings. The summed E-state index contributed by atoms with van der Waals surface area (Å²) in [5.74, 6) is -4.31. The molecular formula is C28H31F5N6O4S. The third-order valence-electron chi connectivity index (χ3n) is 7.82. The summed E-state index contributed by atoms with van der Waals surface area (Å²) in [5, 5.41) is 22.3. The van der Waals surface area contributed by atoms with Gasteiger partial charge in [-0.1, -0.05) is 17.4 Å². The summed E-state index contributed by atoms with van der Waals surface area (Å²) in [6, 6.07) is 3.13. The van der Waals surface area contributed by atoms with Gasteiger partial charge in [0.25, 0.3) is 5.91 Å². The smallest absolute Gasteiger partial charge is 0.406 e. The van der Waals surface area contributed by atoms with E-state index >= 15 is 0 Å². The molecule has 2 aromatic heterocycles. The van der Waals surface area contributed by atoms with Crippen LogP contribution in [0.3, 0.4) is 0 Å². The van der Waals surface area contributed by atoms with Crippen LogP contribution in [-0.2, 0) is 11.2 Å². The zero-order valence-corrected chi connectivity index (χ0v) is 24.9. The Hall–Kier alpha value is -3.92. The molecule has 0 saturated heterocycles. The standard InChI is InChI=1S/C28H31F5N6O4S/c1-4-39(27(34-2)9-7-15(8-10-27)25(42)38(3)14-28(31,32)33)26(43)21-23(41)22(40)18(13-35-21)24-37-36-20(44-24)11-16-5-6-17(29)12-19(16)30/h5-6,12-13,15,34,41H,4,7-11,14H2,1-3H3,(H,35,40). The third kappa shape index (κ3) is 6.90.